The maximum atomic E-state index is 14.7. The number of fused-ring (bicyclic) bond motifs is 1. The number of ether oxygens (including phenoxy) is 2. The highest BCUT2D eigenvalue weighted by atomic mass is 16.5. The second kappa shape index (κ2) is 20.0. The van der Waals surface area contributed by atoms with Crippen LogP contribution >= 0.6 is 0 Å². The van der Waals surface area contributed by atoms with Crippen LogP contribution in [0.4, 0.5) is 0 Å². The van der Waals surface area contributed by atoms with Crippen LogP contribution in [0.1, 0.15) is 142 Å². The molecule has 0 radical (unpaired) electrons. The fraction of sp³-hybridized carbons (Fsp3) is 0.615. The van der Waals surface area contributed by atoms with E-state index in [0.29, 0.717) is 59.5 Å². The molecule has 0 aliphatic carbocycles. The van der Waals surface area contributed by atoms with Gasteiger partial charge in [-0.2, -0.15) is 0 Å². The molecule has 1 heterocycles. The van der Waals surface area contributed by atoms with Crippen molar-refractivity contribution in [1.82, 2.24) is 0 Å². The lowest BCUT2D eigenvalue weighted by Gasteiger charge is -2.21. The first-order valence-electron chi connectivity index (χ1n) is 18.0. The first kappa shape index (κ1) is 37.1. The Bertz CT molecular complexity index is 1410. The van der Waals surface area contributed by atoms with Gasteiger partial charge in [0.1, 0.15) is 22.5 Å². The molecule has 0 saturated carbocycles. The van der Waals surface area contributed by atoms with Gasteiger partial charge in [-0.15, -0.1) is 0 Å². The summed E-state index contributed by atoms with van der Waals surface area (Å²) in [6.07, 6.45) is 17.3. The standard InChI is InChI=1S/C39H58O7/c1-5-9-13-17-21-29-34(42)30(22-18-14-10-6-2)38-33(37(29)44-25-19-15-11-7-3)35(43)39(45-26-20-16-12-8-4)36(46-38)28-23-24-31(40)32(41)27-28/h23-24,27,40-42H,5-22,25-26H2,1-4H3. The minimum absolute atomic E-state index is 0.0597. The summed E-state index contributed by atoms with van der Waals surface area (Å²) in [7, 11) is 0. The predicted octanol–water partition coefficient (Wildman–Crippen LogP) is 10.7. The number of hydrogen-bond donors (Lipinski definition) is 3. The lowest BCUT2D eigenvalue weighted by molar-refractivity contribution is 0.293. The van der Waals surface area contributed by atoms with Gasteiger partial charge < -0.3 is 29.2 Å². The number of phenolic OH excluding ortho intramolecular Hbond substituents is 3. The third-order valence-corrected chi connectivity index (χ3v) is 8.70. The summed E-state index contributed by atoms with van der Waals surface area (Å²) in [6, 6.07) is 4.34. The van der Waals surface area contributed by atoms with Crippen molar-refractivity contribution in [2.45, 2.75) is 143 Å². The summed E-state index contributed by atoms with van der Waals surface area (Å²) >= 11 is 0. The quantitative estimate of drug-likeness (QED) is 0.0700. The van der Waals surface area contributed by atoms with Crippen LogP contribution in [0.5, 0.6) is 28.7 Å². The third-order valence-electron chi connectivity index (χ3n) is 8.70. The molecule has 0 bridgehead atoms. The van der Waals surface area contributed by atoms with E-state index >= 15 is 0 Å². The Morgan fingerprint density at radius 1 is 0.609 bits per heavy atom. The first-order valence-corrected chi connectivity index (χ1v) is 18.0. The van der Waals surface area contributed by atoms with Crippen LogP contribution in [0.3, 0.4) is 0 Å². The molecule has 0 atom stereocenters. The average Bonchev–Trinajstić information content (AvgIpc) is 3.05. The molecule has 256 valence electrons. The Kier molecular flexibility index (Phi) is 16.1. The van der Waals surface area contributed by atoms with Gasteiger partial charge in [-0.25, -0.2) is 0 Å². The van der Waals surface area contributed by atoms with Gasteiger partial charge in [0.05, 0.1) is 13.2 Å². The lowest BCUT2D eigenvalue weighted by atomic mass is 9.94. The van der Waals surface area contributed by atoms with Crippen molar-refractivity contribution in [2.75, 3.05) is 13.2 Å². The molecule has 2 aromatic carbocycles. The van der Waals surface area contributed by atoms with E-state index in [-0.39, 0.29) is 34.2 Å². The van der Waals surface area contributed by atoms with Gasteiger partial charge >= 0.3 is 0 Å². The van der Waals surface area contributed by atoms with E-state index in [9.17, 15) is 20.1 Å². The molecule has 0 fully saturated rings. The summed E-state index contributed by atoms with van der Waals surface area (Å²) in [5.41, 5.74) is 1.67. The molecule has 46 heavy (non-hydrogen) atoms. The zero-order valence-corrected chi connectivity index (χ0v) is 28.8. The summed E-state index contributed by atoms with van der Waals surface area (Å²) in [4.78, 5) is 14.7. The number of benzene rings is 2. The lowest BCUT2D eigenvalue weighted by Crippen LogP contribution is -2.15. The van der Waals surface area contributed by atoms with Gasteiger partial charge in [0.15, 0.2) is 17.3 Å². The van der Waals surface area contributed by atoms with Crippen molar-refractivity contribution in [3.63, 3.8) is 0 Å². The topological polar surface area (TPSA) is 109 Å². The van der Waals surface area contributed by atoms with Gasteiger partial charge in [-0.05, 0) is 56.7 Å². The largest absolute Gasteiger partial charge is 0.507 e. The molecule has 0 unspecified atom stereocenters. The molecular weight excluding hydrogens is 580 g/mol. The van der Waals surface area contributed by atoms with Crippen LogP contribution in [0.25, 0.3) is 22.3 Å². The molecule has 0 amide bonds. The van der Waals surface area contributed by atoms with E-state index in [1.807, 2.05) is 0 Å². The maximum absolute atomic E-state index is 14.7. The van der Waals surface area contributed by atoms with E-state index in [4.69, 9.17) is 13.9 Å². The Balaban J connectivity index is 2.30. The maximum Gasteiger partial charge on any atom is 0.239 e. The van der Waals surface area contributed by atoms with Gasteiger partial charge in [0, 0.05) is 16.7 Å². The molecule has 3 rings (SSSR count). The summed E-state index contributed by atoms with van der Waals surface area (Å²) in [6.45, 7) is 9.43. The monoisotopic (exact) mass is 638 g/mol. The van der Waals surface area contributed by atoms with Gasteiger partial charge in [0.2, 0.25) is 11.2 Å². The number of rotatable bonds is 23. The summed E-state index contributed by atoms with van der Waals surface area (Å²) in [5, 5.41) is 32.6. The Labute approximate surface area is 276 Å². The molecule has 0 aliphatic rings. The average molecular weight is 639 g/mol. The molecule has 3 N–H and O–H groups in total. The van der Waals surface area contributed by atoms with Crippen molar-refractivity contribution in [3.05, 3.63) is 39.5 Å². The van der Waals surface area contributed by atoms with Crippen molar-refractivity contribution in [1.29, 1.82) is 0 Å². The van der Waals surface area contributed by atoms with Crippen LogP contribution in [-0.4, -0.2) is 28.5 Å². The number of unbranched alkanes of at least 4 members (excludes halogenated alkanes) is 12. The highest BCUT2D eigenvalue weighted by molar-refractivity contribution is 5.93. The van der Waals surface area contributed by atoms with Crippen molar-refractivity contribution in [2.24, 2.45) is 0 Å². The molecule has 7 heteroatoms. The highest BCUT2D eigenvalue weighted by Gasteiger charge is 2.28. The van der Waals surface area contributed by atoms with Crippen molar-refractivity contribution in [3.8, 4) is 40.1 Å². The second-order valence-corrected chi connectivity index (χ2v) is 12.6. The molecule has 7 nitrogen and oxygen atoms in total. The van der Waals surface area contributed by atoms with Gasteiger partial charge in [-0.1, -0.05) is 105 Å². The molecule has 3 aromatic rings. The summed E-state index contributed by atoms with van der Waals surface area (Å²) in [5.74, 6) is 0.193. The smallest absolute Gasteiger partial charge is 0.239 e. The van der Waals surface area contributed by atoms with E-state index in [0.717, 1.165) is 103 Å². The first-order chi connectivity index (χ1) is 22.4. The number of aromatic hydroxyl groups is 3. The minimum atomic E-state index is -0.340. The van der Waals surface area contributed by atoms with Crippen molar-refractivity contribution < 1.29 is 29.2 Å². The van der Waals surface area contributed by atoms with Crippen LogP contribution in [0.15, 0.2) is 27.4 Å². The SMILES string of the molecule is CCCCCCOc1c(-c2ccc(O)c(O)c2)oc2c(CCCCCC)c(O)c(CCCCCC)c(OCCCCCC)c2c1=O. The summed E-state index contributed by atoms with van der Waals surface area (Å²) < 4.78 is 19.3. The van der Waals surface area contributed by atoms with Crippen LogP contribution in [-0.2, 0) is 12.8 Å². The normalized spacial score (nSPS) is 11.4. The van der Waals surface area contributed by atoms with E-state index < -0.39 is 0 Å². The van der Waals surface area contributed by atoms with Crippen LogP contribution < -0.4 is 14.9 Å². The number of aryl methyl sites for hydroxylation is 1. The molecule has 1 aromatic heterocycles. The molecular formula is C39H58O7. The molecule has 0 saturated heterocycles. The van der Waals surface area contributed by atoms with E-state index in [1.54, 1.807) is 6.07 Å². The zero-order valence-electron chi connectivity index (χ0n) is 28.8. The molecule has 0 aliphatic heterocycles. The fourth-order valence-electron chi connectivity index (χ4n) is 5.96. The van der Waals surface area contributed by atoms with Gasteiger partial charge in [-0.3, -0.25) is 4.79 Å². The van der Waals surface area contributed by atoms with Gasteiger partial charge in [0.25, 0.3) is 0 Å². The van der Waals surface area contributed by atoms with Crippen molar-refractivity contribution >= 4 is 11.0 Å². The highest BCUT2D eigenvalue weighted by Crippen LogP contribution is 2.45. The van der Waals surface area contributed by atoms with Crippen LogP contribution in [0, 0.1) is 0 Å². The Morgan fingerprint density at radius 3 is 1.67 bits per heavy atom. The van der Waals surface area contributed by atoms with E-state index in [2.05, 4.69) is 27.7 Å². The Hall–Kier alpha value is -3.35. The zero-order chi connectivity index (χ0) is 33.3. The van der Waals surface area contributed by atoms with E-state index in [1.165, 1.54) is 12.1 Å². The van der Waals surface area contributed by atoms with Crippen LogP contribution in [0.2, 0.25) is 0 Å². The fourth-order valence-corrected chi connectivity index (χ4v) is 5.96. The third kappa shape index (κ3) is 10.1. The second-order valence-electron chi connectivity index (χ2n) is 12.6. The molecule has 0 spiro atoms. The predicted molar refractivity (Wildman–Crippen MR) is 188 cm³/mol. The number of hydrogen-bond acceptors (Lipinski definition) is 7. The minimum Gasteiger partial charge on any atom is -0.507 e. The Morgan fingerprint density at radius 2 is 1.13 bits per heavy atom. The number of phenols is 3.